The predicted molar refractivity (Wildman–Crippen MR) is 39.0 cm³/mol. The average Bonchev–Trinajstić information content (AvgIpc) is 2.38. The fraction of sp³-hybridized carbons (Fsp3) is 0.625. The van der Waals surface area contributed by atoms with Crippen LogP contribution in [0, 0.1) is 12.3 Å². The van der Waals surface area contributed by atoms with E-state index in [4.69, 9.17) is 16.3 Å². The third-order valence-corrected chi connectivity index (χ3v) is 1.88. The second kappa shape index (κ2) is 2.93. The lowest BCUT2D eigenvalue weighted by Crippen LogP contribution is -2.37. The van der Waals surface area contributed by atoms with E-state index in [1.54, 1.807) is 0 Å². The van der Waals surface area contributed by atoms with Gasteiger partial charge in [0, 0.05) is 13.0 Å². The summed E-state index contributed by atoms with van der Waals surface area (Å²) in [5.41, 5.74) is -1.07. The normalized spacial score (nSPS) is 29.7. The zero-order valence-corrected chi connectivity index (χ0v) is 6.17. The van der Waals surface area contributed by atoms with Gasteiger partial charge < -0.3 is 9.84 Å². The standard InChI is InChI=1S/C8H10O3/c1-2-4-8(7(9)10)5-3-6-11-8/h1H,3-6H2,(H,9,10). The van der Waals surface area contributed by atoms with Gasteiger partial charge in [-0.15, -0.1) is 12.3 Å². The maximum absolute atomic E-state index is 10.7. The van der Waals surface area contributed by atoms with Gasteiger partial charge in [-0.2, -0.15) is 0 Å². The molecule has 0 aromatic rings. The predicted octanol–water partition coefficient (Wildman–Crippen LogP) is 0.643. The Hall–Kier alpha value is -1.01. The van der Waals surface area contributed by atoms with Crippen LogP contribution in [0.2, 0.25) is 0 Å². The minimum absolute atomic E-state index is 0.169. The summed E-state index contributed by atoms with van der Waals surface area (Å²) in [6, 6.07) is 0. The molecule has 1 N–H and O–H groups in total. The summed E-state index contributed by atoms with van der Waals surface area (Å²) in [6.07, 6.45) is 6.53. The van der Waals surface area contributed by atoms with E-state index in [9.17, 15) is 4.79 Å². The number of carbonyl (C=O) groups is 1. The van der Waals surface area contributed by atoms with Gasteiger partial charge in [-0.25, -0.2) is 4.79 Å². The SMILES string of the molecule is C#CCC1(C(=O)O)CCCO1. The monoisotopic (exact) mass is 154 g/mol. The number of ether oxygens (including phenoxy) is 1. The fourth-order valence-electron chi connectivity index (χ4n) is 1.25. The molecule has 0 radical (unpaired) electrons. The molecule has 0 aromatic carbocycles. The first-order chi connectivity index (χ1) is 5.21. The number of aliphatic carboxylic acids is 1. The molecule has 1 saturated heterocycles. The zero-order chi connectivity index (χ0) is 8.32. The van der Waals surface area contributed by atoms with Crippen LogP contribution in [0.25, 0.3) is 0 Å². The van der Waals surface area contributed by atoms with Crippen LogP contribution >= 0.6 is 0 Å². The van der Waals surface area contributed by atoms with Gasteiger partial charge in [0.25, 0.3) is 0 Å². The van der Waals surface area contributed by atoms with Crippen molar-refractivity contribution in [3.8, 4) is 12.3 Å². The van der Waals surface area contributed by atoms with Gasteiger partial charge >= 0.3 is 5.97 Å². The van der Waals surface area contributed by atoms with Crippen LogP contribution in [0.15, 0.2) is 0 Å². The highest BCUT2D eigenvalue weighted by Gasteiger charge is 2.41. The van der Waals surface area contributed by atoms with Gasteiger partial charge in [-0.1, -0.05) is 0 Å². The molecule has 3 heteroatoms. The average molecular weight is 154 g/mol. The molecule has 0 amide bonds. The van der Waals surface area contributed by atoms with E-state index >= 15 is 0 Å². The maximum atomic E-state index is 10.7. The van der Waals surface area contributed by atoms with Gasteiger partial charge in [-0.3, -0.25) is 0 Å². The van der Waals surface area contributed by atoms with E-state index in [1.807, 2.05) is 0 Å². The first-order valence-electron chi connectivity index (χ1n) is 3.52. The Morgan fingerprint density at radius 1 is 1.82 bits per heavy atom. The molecule has 1 heterocycles. The van der Waals surface area contributed by atoms with E-state index in [-0.39, 0.29) is 6.42 Å². The first kappa shape index (κ1) is 8.09. The van der Waals surface area contributed by atoms with Crippen molar-refractivity contribution >= 4 is 5.97 Å². The topological polar surface area (TPSA) is 46.5 Å². The molecule has 0 spiro atoms. The highest BCUT2D eigenvalue weighted by atomic mass is 16.5. The maximum Gasteiger partial charge on any atom is 0.336 e. The first-order valence-corrected chi connectivity index (χ1v) is 3.52. The molecule has 60 valence electrons. The summed E-state index contributed by atoms with van der Waals surface area (Å²) in [6.45, 7) is 0.508. The van der Waals surface area contributed by atoms with Crippen molar-refractivity contribution in [3.05, 3.63) is 0 Å². The summed E-state index contributed by atoms with van der Waals surface area (Å²) in [5.74, 6) is 1.39. The van der Waals surface area contributed by atoms with Crippen LogP contribution in [0.1, 0.15) is 19.3 Å². The van der Waals surface area contributed by atoms with Crippen LogP contribution in [0.3, 0.4) is 0 Å². The van der Waals surface area contributed by atoms with Gasteiger partial charge in [-0.05, 0) is 12.8 Å². The fourth-order valence-corrected chi connectivity index (χ4v) is 1.25. The Bertz CT molecular complexity index is 196. The molecule has 0 saturated carbocycles. The molecule has 1 unspecified atom stereocenters. The zero-order valence-electron chi connectivity index (χ0n) is 6.17. The van der Waals surface area contributed by atoms with Crippen LogP contribution in [0.5, 0.6) is 0 Å². The molecule has 1 aliphatic heterocycles. The molecular weight excluding hydrogens is 144 g/mol. The molecular formula is C8H10O3. The molecule has 0 bridgehead atoms. The molecule has 11 heavy (non-hydrogen) atoms. The smallest absolute Gasteiger partial charge is 0.336 e. The van der Waals surface area contributed by atoms with Crippen molar-refractivity contribution in [2.24, 2.45) is 0 Å². The van der Waals surface area contributed by atoms with Gasteiger partial charge in [0.1, 0.15) is 0 Å². The largest absolute Gasteiger partial charge is 0.479 e. The van der Waals surface area contributed by atoms with Crippen molar-refractivity contribution in [1.82, 2.24) is 0 Å². The lowest BCUT2D eigenvalue weighted by atomic mass is 9.97. The third-order valence-electron chi connectivity index (χ3n) is 1.88. The van der Waals surface area contributed by atoms with Crippen LogP contribution in [0.4, 0.5) is 0 Å². The number of hydrogen-bond acceptors (Lipinski definition) is 2. The molecule has 1 fully saturated rings. The van der Waals surface area contributed by atoms with Crippen LogP contribution in [-0.4, -0.2) is 23.3 Å². The third kappa shape index (κ3) is 1.36. The van der Waals surface area contributed by atoms with Gasteiger partial charge in [0.15, 0.2) is 5.60 Å². The number of carboxylic acids is 1. The highest BCUT2D eigenvalue weighted by Crippen LogP contribution is 2.28. The summed E-state index contributed by atoms with van der Waals surface area (Å²) in [4.78, 5) is 10.7. The van der Waals surface area contributed by atoms with Crippen molar-refractivity contribution in [3.63, 3.8) is 0 Å². The number of hydrogen-bond donors (Lipinski definition) is 1. The molecule has 1 rings (SSSR count). The molecule has 0 aromatic heterocycles. The second-order valence-electron chi connectivity index (χ2n) is 2.63. The Balaban J connectivity index is 2.72. The minimum atomic E-state index is -1.07. The quantitative estimate of drug-likeness (QED) is 0.594. The lowest BCUT2D eigenvalue weighted by Gasteiger charge is -2.19. The van der Waals surface area contributed by atoms with Crippen LogP contribution < -0.4 is 0 Å². The van der Waals surface area contributed by atoms with Crippen molar-refractivity contribution in [2.75, 3.05) is 6.61 Å². The van der Waals surface area contributed by atoms with Crippen molar-refractivity contribution in [2.45, 2.75) is 24.9 Å². The molecule has 1 aliphatic rings. The van der Waals surface area contributed by atoms with Gasteiger partial charge in [0.05, 0.1) is 0 Å². The Labute approximate surface area is 65.4 Å². The number of terminal acetylenes is 1. The Morgan fingerprint density at radius 2 is 2.55 bits per heavy atom. The van der Waals surface area contributed by atoms with Crippen molar-refractivity contribution in [1.29, 1.82) is 0 Å². The number of carboxylic acid groups (broad SMARTS) is 1. The van der Waals surface area contributed by atoms with Gasteiger partial charge in [0.2, 0.25) is 0 Å². The van der Waals surface area contributed by atoms with E-state index < -0.39 is 11.6 Å². The van der Waals surface area contributed by atoms with E-state index in [0.717, 1.165) is 6.42 Å². The highest BCUT2D eigenvalue weighted by molar-refractivity contribution is 5.78. The van der Waals surface area contributed by atoms with E-state index in [2.05, 4.69) is 5.92 Å². The van der Waals surface area contributed by atoms with Crippen LogP contribution in [-0.2, 0) is 9.53 Å². The lowest BCUT2D eigenvalue weighted by molar-refractivity contribution is -0.159. The van der Waals surface area contributed by atoms with E-state index in [0.29, 0.717) is 13.0 Å². The summed E-state index contributed by atoms with van der Waals surface area (Å²) in [7, 11) is 0. The molecule has 3 nitrogen and oxygen atoms in total. The van der Waals surface area contributed by atoms with E-state index in [1.165, 1.54) is 0 Å². The summed E-state index contributed by atoms with van der Waals surface area (Å²) >= 11 is 0. The molecule has 0 aliphatic carbocycles. The van der Waals surface area contributed by atoms with Crippen molar-refractivity contribution < 1.29 is 14.6 Å². The second-order valence-corrected chi connectivity index (χ2v) is 2.63. The Morgan fingerprint density at radius 3 is 2.91 bits per heavy atom. The summed E-state index contributed by atoms with van der Waals surface area (Å²) in [5, 5.41) is 8.77. The number of rotatable bonds is 2. The summed E-state index contributed by atoms with van der Waals surface area (Å²) < 4.78 is 5.10. The minimum Gasteiger partial charge on any atom is -0.479 e. The Kier molecular flexibility index (Phi) is 2.16. The molecule has 1 atom stereocenters.